The Kier molecular flexibility index (Phi) is 3.25. The fourth-order valence-electron chi connectivity index (χ4n) is 2.71. The molecule has 3 aromatic heterocycles. The van der Waals surface area contributed by atoms with Crippen LogP contribution in [0.1, 0.15) is 0 Å². The van der Waals surface area contributed by atoms with Gasteiger partial charge in [0.25, 0.3) is 0 Å². The van der Waals surface area contributed by atoms with E-state index >= 15 is 0 Å². The van der Waals surface area contributed by atoms with Gasteiger partial charge in [0.2, 0.25) is 5.00 Å². The van der Waals surface area contributed by atoms with Crippen LogP contribution in [0.4, 0.5) is 10.8 Å². The monoisotopic (exact) mass is 311 g/mol. The molecule has 0 radical (unpaired) electrons. The SMILES string of the molecule is [C-]#[N+]c1cc(-c2c[nH]c3ncnc(N4CCOCC4)c23)cs1. The summed E-state index contributed by atoms with van der Waals surface area (Å²) in [5, 5.41) is 3.71. The lowest BCUT2D eigenvalue weighted by molar-refractivity contribution is 0.122. The fraction of sp³-hybridized carbons (Fsp3) is 0.267. The molecule has 1 saturated heterocycles. The van der Waals surface area contributed by atoms with E-state index < -0.39 is 0 Å². The summed E-state index contributed by atoms with van der Waals surface area (Å²) in [5.41, 5.74) is 2.90. The van der Waals surface area contributed by atoms with Crippen molar-refractivity contribution in [3.05, 3.63) is 35.4 Å². The Balaban J connectivity index is 1.87. The van der Waals surface area contributed by atoms with Gasteiger partial charge in [-0.1, -0.05) is 0 Å². The maximum Gasteiger partial charge on any atom is 0.241 e. The van der Waals surface area contributed by atoms with Gasteiger partial charge < -0.3 is 14.6 Å². The highest BCUT2D eigenvalue weighted by Crippen LogP contribution is 2.37. The zero-order valence-electron chi connectivity index (χ0n) is 11.7. The number of anilines is 1. The maximum absolute atomic E-state index is 7.13. The minimum atomic E-state index is 0.689. The average molecular weight is 311 g/mol. The molecule has 1 fully saturated rings. The van der Waals surface area contributed by atoms with Gasteiger partial charge in [0.1, 0.15) is 17.8 Å². The molecule has 4 heterocycles. The zero-order valence-corrected chi connectivity index (χ0v) is 12.6. The van der Waals surface area contributed by atoms with Crippen molar-refractivity contribution in [1.29, 1.82) is 0 Å². The second-order valence-electron chi connectivity index (χ2n) is 5.01. The second kappa shape index (κ2) is 5.40. The third-order valence-corrected chi connectivity index (χ3v) is 4.59. The van der Waals surface area contributed by atoms with E-state index in [9.17, 15) is 0 Å². The van der Waals surface area contributed by atoms with E-state index in [2.05, 4.69) is 24.7 Å². The Morgan fingerprint density at radius 3 is 2.95 bits per heavy atom. The van der Waals surface area contributed by atoms with Crippen LogP contribution in [0.3, 0.4) is 0 Å². The van der Waals surface area contributed by atoms with Gasteiger partial charge in [-0.2, -0.15) is 11.3 Å². The molecule has 4 rings (SSSR count). The number of nitrogens with zero attached hydrogens (tertiary/aromatic N) is 4. The summed E-state index contributed by atoms with van der Waals surface area (Å²) in [6.07, 6.45) is 3.53. The van der Waals surface area contributed by atoms with Crippen molar-refractivity contribution in [1.82, 2.24) is 15.0 Å². The first-order valence-corrected chi connectivity index (χ1v) is 7.86. The first-order valence-electron chi connectivity index (χ1n) is 6.98. The molecule has 1 N–H and O–H groups in total. The number of morpholine rings is 1. The first kappa shape index (κ1) is 13.2. The summed E-state index contributed by atoms with van der Waals surface area (Å²) in [7, 11) is 0. The number of ether oxygens (including phenoxy) is 1. The van der Waals surface area contributed by atoms with Crippen molar-refractivity contribution in [2.45, 2.75) is 0 Å². The molecule has 1 aliphatic rings. The van der Waals surface area contributed by atoms with Crippen molar-refractivity contribution >= 4 is 33.2 Å². The van der Waals surface area contributed by atoms with Crippen LogP contribution in [-0.2, 0) is 4.74 Å². The second-order valence-corrected chi connectivity index (χ2v) is 5.90. The van der Waals surface area contributed by atoms with Gasteiger partial charge in [-0.3, -0.25) is 0 Å². The Labute approximate surface area is 131 Å². The van der Waals surface area contributed by atoms with Crippen LogP contribution in [0.15, 0.2) is 24.0 Å². The summed E-state index contributed by atoms with van der Waals surface area (Å²) >= 11 is 1.46. The highest BCUT2D eigenvalue weighted by molar-refractivity contribution is 7.14. The molecular formula is C15H13N5OS. The number of hydrogen-bond acceptors (Lipinski definition) is 5. The van der Waals surface area contributed by atoms with Crippen LogP contribution < -0.4 is 4.90 Å². The molecule has 6 nitrogen and oxygen atoms in total. The molecule has 0 atom stereocenters. The normalized spacial score (nSPS) is 15.1. The molecule has 0 aromatic carbocycles. The highest BCUT2D eigenvalue weighted by Gasteiger charge is 2.20. The molecule has 7 heteroatoms. The Morgan fingerprint density at radius 2 is 2.18 bits per heavy atom. The number of rotatable bonds is 2. The molecule has 0 aliphatic carbocycles. The third kappa shape index (κ3) is 2.13. The minimum Gasteiger partial charge on any atom is -0.378 e. The average Bonchev–Trinajstić information content (AvgIpc) is 3.21. The third-order valence-electron chi connectivity index (χ3n) is 3.77. The Morgan fingerprint density at radius 1 is 1.32 bits per heavy atom. The smallest absolute Gasteiger partial charge is 0.241 e. The van der Waals surface area contributed by atoms with Crippen molar-refractivity contribution in [2.24, 2.45) is 0 Å². The number of fused-ring (bicyclic) bond motifs is 1. The predicted octanol–water partition coefficient (Wildman–Crippen LogP) is 3.07. The summed E-state index contributed by atoms with van der Waals surface area (Å²) in [6, 6.07) is 1.91. The molecule has 22 heavy (non-hydrogen) atoms. The minimum absolute atomic E-state index is 0.689. The number of H-pyrrole nitrogens is 1. The van der Waals surface area contributed by atoms with Crippen molar-refractivity contribution < 1.29 is 4.74 Å². The maximum atomic E-state index is 7.13. The Bertz CT molecular complexity index is 856. The number of hydrogen-bond donors (Lipinski definition) is 1. The van der Waals surface area contributed by atoms with Crippen LogP contribution >= 0.6 is 11.3 Å². The van der Waals surface area contributed by atoms with E-state index in [1.165, 1.54) is 11.3 Å². The molecule has 110 valence electrons. The van der Waals surface area contributed by atoms with Gasteiger partial charge >= 0.3 is 0 Å². The van der Waals surface area contributed by atoms with Gasteiger partial charge in [-0.15, -0.1) is 0 Å². The van der Waals surface area contributed by atoms with Gasteiger partial charge in [0.15, 0.2) is 0 Å². The van der Waals surface area contributed by atoms with E-state index in [0.717, 1.165) is 41.1 Å². The van der Waals surface area contributed by atoms with Crippen LogP contribution in [0.25, 0.3) is 27.0 Å². The summed E-state index contributed by atoms with van der Waals surface area (Å²) in [6.45, 7) is 10.2. The van der Waals surface area contributed by atoms with Crippen LogP contribution in [0.2, 0.25) is 0 Å². The van der Waals surface area contributed by atoms with E-state index in [0.29, 0.717) is 18.2 Å². The van der Waals surface area contributed by atoms with Crippen molar-refractivity contribution in [2.75, 3.05) is 31.2 Å². The van der Waals surface area contributed by atoms with E-state index in [1.807, 2.05) is 17.6 Å². The van der Waals surface area contributed by atoms with E-state index in [4.69, 9.17) is 11.3 Å². The summed E-state index contributed by atoms with van der Waals surface area (Å²) in [5.74, 6) is 0.931. The number of aromatic amines is 1. The van der Waals surface area contributed by atoms with Gasteiger partial charge in [0, 0.05) is 24.8 Å². The lowest BCUT2D eigenvalue weighted by Crippen LogP contribution is -2.36. The van der Waals surface area contributed by atoms with E-state index in [1.54, 1.807) is 6.33 Å². The molecule has 3 aromatic rings. The Hall–Kier alpha value is -2.43. The highest BCUT2D eigenvalue weighted by atomic mass is 32.1. The first-order chi connectivity index (χ1) is 10.9. The fourth-order valence-corrected chi connectivity index (χ4v) is 3.40. The zero-order chi connectivity index (χ0) is 14.9. The largest absolute Gasteiger partial charge is 0.378 e. The molecule has 1 aliphatic heterocycles. The molecule has 0 saturated carbocycles. The van der Waals surface area contributed by atoms with Crippen molar-refractivity contribution in [3.63, 3.8) is 0 Å². The van der Waals surface area contributed by atoms with E-state index in [-0.39, 0.29) is 0 Å². The van der Waals surface area contributed by atoms with Crippen LogP contribution in [-0.4, -0.2) is 41.3 Å². The number of aromatic nitrogens is 3. The topological polar surface area (TPSA) is 58.4 Å². The number of thiophene rings is 1. The van der Waals surface area contributed by atoms with Crippen LogP contribution in [0, 0.1) is 6.57 Å². The van der Waals surface area contributed by atoms with Crippen LogP contribution in [0.5, 0.6) is 0 Å². The van der Waals surface area contributed by atoms with Gasteiger partial charge in [-0.25, -0.2) is 14.8 Å². The summed E-state index contributed by atoms with van der Waals surface area (Å²) < 4.78 is 5.42. The quantitative estimate of drug-likeness (QED) is 0.739. The lowest BCUT2D eigenvalue weighted by atomic mass is 10.1. The standard InChI is InChI=1S/C15H13N5OS/c1-16-12-6-10(8-22-12)11-7-17-14-13(11)15(19-9-18-14)20-2-4-21-5-3-20/h6-9H,2-5H2,(H,17,18,19). The van der Waals surface area contributed by atoms with Gasteiger partial charge in [0.05, 0.1) is 25.2 Å². The molecule has 0 spiro atoms. The molecule has 0 bridgehead atoms. The number of nitrogens with one attached hydrogen (secondary N) is 1. The van der Waals surface area contributed by atoms with Gasteiger partial charge in [-0.05, 0) is 17.0 Å². The lowest BCUT2D eigenvalue weighted by Gasteiger charge is -2.28. The van der Waals surface area contributed by atoms with Crippen molar-refractivity contribution in [3.8, 4) is 11.1 Å². The molecular weight excluding hydrogens is 298 g/mol. The molecule has 0 amide bonds. The molecule has 0 unspecified atom stereocenters. The summed E-state index contributed by atoms with van der Waals surface area (Å²) in [4.78, 5) is 17.8. The predicted molar refractivity (Wildman–Crippen MR) is 86.5 cm³/mol.